The van der Waals surface area contributed by atoms with Crippen molar-refractivity contribution >= 4 is 0 Å². The van der Waals surface area contributed by atoms with Crippen LogP contribution in [0.1, 0.15) is 44.2 Å². The van der Waals surface area contributed by atoms with Gasteiger partial charge < -0.3 is 10.5 Å². The summed E-state index contributed by atoms with van der Waals surface area (Å²) < 4.78 is 5.45. The first kappa shape index (κ1) is 13.4. The van der Waals surface area contributed by atoms with Gasteiger partial charge >= 0.3 is 0 Å². The van der Waals surface area contributed by atoms with Crippen LogP contribution in [0.15, 0.2) is 18.2 Å². The highest BCUT2D eigenvalue weighted by atomic mass is 16.5. The van der Waals surface area contributed by atoms with E-state index in [9.17, 15) is 0 Å². The lowest BCUT2D eigenvalue weighted by Crippen LogP contribution is -2.40. The summed E-state index contributed by atoms with van der Waals surface area (Å²) in [5.41, 5.74) is 9.42. The van der Waals surface area contributed by atoms with E-state index >= 15 is 0 Å². The van der Waals surface area contributed by atoms with Crippen molar-refractivity contribution in [1.29, 1.82) is 0 Å². The maximum absolute atomic E-state index is 6.58. The standard InChI is InChI=1S/C16H25NO/c1-12-5-6-14(18-4)13(9-12)10-16(17)8-7-15(2,3)11-16/h5-6,9H,7-8,10-11,17H2,1-4H3. The van der Waals surface area contributed by atoms with Crippen LogP contribution in [0.25, 0.3) is 0 Å². The molecule has 0 amide bonds. The molecule has 100 valence electrons. The molecule has 0 aromatic heterocycles. The molecule has 0 bridgehead atoms. The Morgan fingerprint density at radius 2 is 2.00 bits per heavy atom. The Hall–Kier alpha value is -1.02. The fraction of sp³-hybridized carbons (Fsp3) is 0.625. The normalized spacial score (nSPS) is 26.3. The predicted molar refractivity (Wildman–Crippen MR) is 76.0 cm³/mol. The number of hydrogen-bond acceptors (Lipinski definition) is 2. The summed E-state index contributed by atoms with van der Waals surface area (Å²) >= 11 is 0. The van der Waals surface area contributed by atoms with Gasteiger partial charge in [-0.15, -0.1) is 0 Å². The molecule has 2 N–H and O–H groups in total. The summed E-state index contributed by atoms with van der Waals surface area (Å²) in [6.07, 6.45) is 4.34. The van der Waals surface area contributed by atoms with Crippen LogP contribution >= 0.6 is 0 Å². The quantitative estimate of drug-likeness (QED) is 0.888. The van der Waals surface area contributed by atoms with Gasteiger partial charge in [0.05, 0.1) is 7.11 Å². The van der Waals surface area contributed by atoms with Crippen molar-refractivity contribution in [3.05, 3.63) is 29.3 Å². The molecule has 1 atom stereocenters. The number of rotatable bonds is 3. The molecular weight excluding hydrogens is 222 g/mol. The molecule has 1 unspecified atom stereocenters. The lowest BCUT2D eigenvalue weighted by Gasteiger charge is -2.27. The van der Waals surface area contributed by atoms with Gasteiger partial charge in [-0.1, -0.05) is 31.5 Å². The fourth-order valence-electron chi connectivity index (χ4n) is 3.29. The predicted octanol–water partition coefficient (Wildman–Crippen LogP) is 3.45. The molecule has 2 nitrogen and oxygen atoms in total. The number of methoxy groups -OCH3 is 1. The van der Waals surface area contributed by atoms with Gasteiger partial charge in [0.1, 0.15) is 5.75 Å². The summed E-state index contributed by atoms with van der Waals surface area (Å²) in [6.45, 7) is 6.74. The van der Waals surface area contributed by atoms with E-state index in [2.05, 4.69) is 32.9 Å². The molecule has 0 aliphatic heterocycles. The average Bonchev–Trinajstić information content (AvgIpc) is 2.53. The molecule has 18 heavy (non-hydrogen) atoms. The van der Waals surface area contributed by atoms with Gasteiger partial charge in [-0.25, -0.2) is 0 Å². The van der Waals surface area contributed by atoms with E-state index < -0.39 is 0 Å². The van der Waals surface area contributed by atoms with Crippen LogP contribution in [-0.4, -0.2) is 12.6 Å². The van der Waals surface area contributed by atoms with Crippen LogP contribution in [-0.2, 0) is 6.42 Å². The van der Waals surface area contributed by atoms with Gasteiger partial charge in [0.25, 0.3) is 0 Å². The second-order valence-electron chi connectivity index (χ2n) is 6.70. The van der Waals surface area contributed by atoms with E-state index in [0.717, 1.165) is 25.0 Å². The Bertz CT molecular complexity index is 439. The van der Waals surface area contributed by atoms with Gasteiger partial charge in [0.2, 0.25) is 0 Å². The van der Waals surface area contributed by atoms with Crippen LogP contribution < -0.4 is 10.5 Å². The third kappa shape index (κ3) is 2.86. The van der Waals surface area contributed by atoms with Gasteiger partial charge in [-0.3, -0.25) is 0 Å². The van der Waals surface area contributed by atoms with Crippen molar-refractivity contribution in [2.75, 3.05) is 7.11 Å². The molecule has 0 spiro atoms. The SMILES string of the molecule is COc1ccc(C)cc1CC1(N)CCC(C)(C)C1. The summed E-state index contributed by atoms with van der Waals surface area (Å²) in [5.74, 6) is 0.968. The molecule has 1 aliphatic carbocycles. The minimum atomic E-state index is -0.0649. The Balaban J connectivity index is 2.21. The third-order valence-electron chi connectivity index (χ3n) is 4.11. The minimum Gasteiger partial charge on any atom is -0.496 e. The number of aryl methyl sites for hydroxylation is 1. The zero-order valence-corrected chi connectivity index (χ0v) is 12.0. The first-order valence-electron chi connectivity index (χ1n) is 6.76. The van der Waals surface area contributed by atoms with E-state index in [-0.39, 0.29) is 5.54 Å². The van der Waals surface area contributed by atoms with Crippen molar-refractivity contribution in [3.8, 4) is 5.75 Å². The molecule has 1 aromatic rings. The minimum absolute atomic E-state index is 0.0649. The van der Waals surface area contributed by atoms with E-state index in [1.54, 1.807) is 7.11 Å². The van der Waals surface area contributed by atoms with E-state index in [0.29, 0.717) is 5.41 Å². The molecule has 2 heteroatoms. The molecule has 0 radical (unpaired) electrons. The highest BCUT2D eigenvalue weighted by Gasteiger charge is 2.40. The van der Waals surface area contributed by atoms with Crippen LogP contribution in [0.4, 0.5) is 0 Å². The molecule has 0 saturated heterocycles. The zero-order valence-electron chi connectivity index (χ0n) is 12.0. The summed E-state index contributed by atoms with van der Waals surface area (Å²) in [5, 5.41) is 0. The summed E-state index contributed by atoms with van der Waals surface area (Å²) in [6, 6.07) is 6.34. The lowest BCUT2D eigenvalue weighted by atomic mass is 9.84. The largest absolute Gasteiger partial charge is 0.496 e. The fourth-order valence-corrected chi connectivity index (χ4v) is 3.29. The van der Waals surface area contributed by atoms with Gasteiger partial charge in [-0.05, 0) is 49.7 Å². The molecule has 0 heterocycles. The smallest absolute Gasteiger partial charge is 0.122 e. The Morgan fingerprint density at radius 1 is 1.28 bits per heavy atom. The van der Waals surface area contributed by atoms with E-state index in [1.807, 2.05) is 6.07 Å². The molecule has 1 aliphatic rings. The van der Waals surface area contributed by atoms with E-state index in [4.69, 9.17) is 10.5 Å². The number of hydrogen-bond donors (Lipinski definition) is 1. The molecule has 1 saturated carbocycles. The van der Waals surface area contributed by atoms with Gasteiger partial charge in [-0.2, -0.15) is 0 Å². The average molecular weight is 247 g/mol. The Morgan fingerprint density at radius 3 is 2.56 bits per heavy atom. The van der Waals surface area contributed by atoms with Crippen molar-refractivity contribution in [3.63, 3.8) is 0 Å². The van der Waals surface area contributed by atoms with Gasteiger partial charge in [0.15, 0.2) is 0 Å². The summed E-state index contributed by atoms with van der Waals surface area (Å²) in [7, 11) is 1.73. The van der Waals surface area contributed by atoms with Crippen molar-refractivity contribution in [2.45, 2.75) is 52.0 Å². The molecule has 1 fully saturated rings. The first-order valence-corrected chi connectivity index (χ1v) is 6.76. The van der Waals surface area contributed by atoms with Crippen molar-refractivity contribution in [2.24, 2.45) is 11.1 Å². The first-order chi connectivity index (χ1) is 8.34. The van der Waals surface area contributed by atoms with Crippen molar-refractivity contribution in [1.82, 2.24) is 0 Å². The summed E-state index contributed by atoms with van der Waals surface area (Å²) in [4.78, 5) is 0. The Labute approximate surface area is 111 Å². The number of ether oxygens (including phenoxy) is 1. The zero-order chi connectivity index (χ0) is 13.4. The topological polar surface area (TPSA) is 35.2 Å². The maximum Gasteiger partial charge on any atom is 0.122 e. The maximum atomic E-state index is 6.58. The second-order valence-corrected chi connectivity index (χ2v) is 6.70. The van der Waals surface area contributed by atoms with Crippen LogP contribution in [0, 0.1) is 12.3 Å². The molecule has 2 rings (SSSR count). The molecule has 1 aromatic carbocycles. The van der Waals surface area contributed by atoms with E-state index in [1.165, 1.54) is 17.5 Å². The third-order valence-corrected chi connectivity index (χ3v) is 4.11. The molecular formula is C16H25NO. The van der Waals surface area contributed by atoms with Crippen molar-refractivity contribution < 1.29 is 4.74 Å². The highest BCUT2D eigenvalue weighted by molar-refractivity contribution is 5.38. The number of benzene rings is 1. The monoisotopic (exact) mass is 247 g/mol. The second kappa shape index (κ2) is 4.58. The number of nitrogens with two attached hydrogens (primary N) is 1. The van der Waals surface area contributed by atoms with Gasteiger partial charge in [0, 0.05) is 5.54 Å². The Kier molecular flexibility index (Phi) is 3.41. The van der Waals surface area contributed by atoms with Crippen LogP contribution in [0.2, 0.25) is 0 Å². The highest BCUT2D eigenvalue weighted by Crippen LogP contribution is 2.44. The van der Waals surface area contributed by atoms with Crippen LogP contribution in [0.5, 0.6) is 5.75 Å². The van der Waals surface area contributed by atoms with Crippen LogP contribution in [0.3, 0.4) is 0 Å². The lowest BCUT2D eigenvalue weighted by molar-refractivity contribution is 0.330.